The number of benzene rings is 2. The Balaban J connectivity index is 1.74. The van der Waals surface area contributed by atoms with Crippen LogP contribution in [0.4, 0.5) is 0 Å². The molecule has 0 spiro atoms. The number of sulfone groups is 1. The summed E-state index contributed by atoms with van der Waals surface area (Å²) in [5.74, 6) is -0.164. The summed E-state index contributed by atoms with van der Waals surface area (Å²) in [5.41, 5.74) is 1.60. The number of aromatic hydroxyl groups is 2. The number of phenols is 2. The van der Waals surface area contributed by atoms with Gasteiger partial charge in [0.25, 0.3) is 0 Å². The molecule has 2 aromatic carbocycles. The van der Waals surface area contributed by atoms with Crippen LogP contribution in [0, 0.1) is 0 Å². The molecule has 1 amide bonds. The van der Waals surface area contributed by atoms with E-state index in [1.54, 1.807) is 18.2 Å². The Kier molecular flexibility index (Phi) is 7.45. The fourth-order valence-corrected chi connectivity index (χ4v) is 2.65. The predicted octanol–water partition coefficient (Wildman–Crippen LogP) is 1.89. The number of carbonyl (C=O) groups is 1. The number of hydrogen-bond donors (Lipinski definition) is 3. The summed E-state index contributed by atoms with van der Waals surface area (Å²) in [6.07, 6.45) is 4.68. The van der Waals surface area contributed by atoms with Crippen LogP contribution in [0.3, 0.4) is 0 Å². The summed E-state index contributed by atoms with van der Waals surface area (Å²) >= 11 is 0. The van der Waals surface area contributed by atoms with E-state index >= 15 is 0 Å². The van der Waals surface area contributed by atoms with Crippen molar-refractivity contribution in [1.82, 2.24) is 5.32 Å². The molecule has 0 bridgehead atoms. The van der Waals surface area contributed by atoms with Gasteiger partial charge in [0.1, 0.15) is 12.4 Å². The third-order valence-corrected chi connectivity index (χ3v) is 4.69. The maximum Gasteiger partial charge on any atom is 0.244 e. The molecule has 0 aliphatic rings. The van der Waals surface area contributed by atoms with E-state index in [0.717, 1.165) is 11.8 Å². The van der Waals surface area contributed by atoms with Gasteiger partial charge in [-0.3, -0.25) is 4.79 Å². The van der Waals surface area contributed by atoms with Gasteiger partial charge < -0.3 is 20.3 Å². The molecule has 2 aromatic rings. The Bertz CT molecular complexity index is 936. The van der Waals surface area contributed by atoms with Gasteiger partial charge in [0.15, 0.2) is 21.3 Å². The first-order chi connectivity index (χ1) is 13.2. The van der Waals surface area contributed by atoms with Crippen molar-refractivity contribution in [3.05, 3.63) is 59.7 Å². The predicted molar refractivity (Wildman–Crippen MR) is 107 cm³/mol. The van der Waals surface area contributed by atoms with Crippen molar-refractivity contribution in [2.45, 2.75) is 6.42 Å². The summed E-state index contributed by atoms with van der Waals surface area (Å²) in [4.78, 5) is 11.8. The first-order valence-corrected chi connectivity index (χ1v) is 10.7. The number of carbonyl (C=O) groups excluding carboxylic acids is 1. The molecule has 0 aromatic heterocycles. The molecule has 0 saturated heterocycles. The molecular formula is C20H23NO6S. The molecule has 7 nitrogen and oxygen atoms in total. The summed E-state index contributed by atoms with van der Waals surface area (Å²) in [5, 5.41) is 21.4. The van der Waals surface area contributed by atoms with Gasteiger partial charge >= 0.3 is 0 Å². The van der Waals surface area contributed by atoms with E-state index < -0.39 is 9.84 Å². The van der Waals surface area contributed by atoms with Crippen LogP contribution in [0.5, 0.6) is 17.2 Å². The zero-order valence-electron chi connectivity index (χ0n) is 15.5. The summed E-state index contributed by atoms with van der Waals surface area (Å²) in [6.45, 7) is 0.553. The Morgan fingerprint density at radius 2 is 1.82 bits per heavy atom. The Morgan fingerprint density at radius 1 is 1.11 bits per heavy atom. The van der Waals surface area contributed by atoms with Gasteiger partial charge in [0.05, 0.1) is 5.75 Å². The van der Waals surface area contributed by atoms with E-state index in [9.17, 15) is 23.4 Å². The normalized spacial score (nSPS) is 11.5. The van der Waals surface area contributed by atoms with Crippen LogP contribution in [0.2, 0.25) is 0 Å². The number of amides is 1. The van der Waals surface area contributed by atoms with Crippen LogP contribution in [-0.4, -0.2) is 49.7 Å². The van der Waals surface area contributed by atoms with Gasteiger partial charge in [0.2, 0.25) is 5.91 Å². The van der Waals surface area contributed by atoms with Crippen molar-refractivity contribution in [2.24, 2.45) is 0 Å². The third kappa shape index (κ3) is 7.71. The average molecular weight is 405 g/mol. The van der Waals surface area contributed by atoms with Gasteiger partial charge in [-0.05, 0) is 47.9 Å². The zero-order chi connectivity index (χ0) is 20.6. The molecule has 0 heterocycles. The molecular weight excluding hydrogens is 382 g/mol. The number of rotatable bonds is 9. The van der Waals surface area contributed by atoms with Crippen LogP contribution in [-0.2, 0) is 21.1 Å². The Hall–Kier alpha value is -3.00. The van der Waals surface area contributed by atoms with Crippen LogP contribution in [0.15, 0.2) is 48.5 Å². The molecule has 0 fully saturated rings. The zero-order valence-corrected chi connectivity index (χ0v) is 16.3. The molecule has 0 unspecified atom stereocenters. The highest BCUT2D eigenvalue weighted by atomic mass is 32.2. The standard InChI is InChI=1S/C20H23NO6S/c1-28(25,26)13-12-27-17-6-2-15(3-7-17)10-11-21-20(24)9-5-16-4-8-18(22)19(23)14-16/h2-9,14,22-23H,10-13H2,1H3,(H,21,24)/b9-5+. The van der Waals surface area contributed by atoms with E-state index in [1.165, 1.54) is 24.3 Å². The second kappa shape index (κ2) is 9.80. The van der Waals surface area contributed by atoms with E-state index in [1.807, 2.05) is 12.1 Å². The molecule has 0 aliphatic carbocycles. The van der Waals surface area contributed by atoms with Crippen molar-refractivity contribution in [3.8, 4) is 17.2 Å². The SMILES string of the molecule is CS(=O)(=O)CCOc1ccc(CCNC(=O)/C=C/c2ccc(O)c(O)c2)cc1. The van der Waals surface area contributed by atoms with Crippen molar-refractivity contribution < 1.29 is 28.2 Å². The van der Waals surface area contributed by atoms with Crippen molar-refractivity contribution in [3.63, 3.8) is 0 Å². The molecule has 0 radical (unpaired) electrons. The first kappa shape index (κ1) is 21.3. The minimum Gasteiger partial charge on any atom is -0.504 e. The fraction of sp³-hybridized carbons (Fsp3) is 0.250. The second-order valence-corrected chi connectivity index (χ2v) is 8.50. The third-order valence-electron chi connectivity index (χ3n) is 3.79. The smallest absolute Gasteiger partial charge is 0.244 e. The maximum atomic E-state index is 11.8. The van der Waals surface area contributed by atoms with Gasteiger partial charge in [0, 0.05) is 18.9 Å². The van der Waals surface area contributed by atoms with Crippen LogP contribution < -0.4 is 10.1 Å². The van der Waals surface area contributed by atoms with Crippen LogP contribution >= 0.6 is 0 Å². The maximum absolute atomic E-state index is 11.8. The number of nitrogens with one attached hydrogen (secondary N) is 1. The molecule has 3 N–H and O–H groups in total. The topological polar surface area (TPSA) is 113 Å². The van der Waals surface area contributed by atoms with Crippen molar-refractivity contribution >= 4 is 21.8 Å². The highest BCUT2D eigenvalue weighted by Crippen LogP contribution is 2.25. The molecule has 0 saturated carbocycles. The largest absolute Gasteiger partial charge is 0.504 e. The fourth-order valence-electron chi connectivity index (χ4n) is 2.27. The molecule has 150 valence electrons. The summed E-state index contributed by atoms with van der Waals surface area (Å²) in [7, 11) is -3.04. The number of phenolic OH excluding ortho intramolecular Hbond substituents is 2. The van der Waals surface area contributed by atoms with Crippen molar-refractivity contribution in [1.29, 1.82) is 0 Å². The van der Waals surface area contributed by atoms with Crippen LogP contribution in [0.25, 0.3) is 6.08 Å². The van der Waals surface area contributed by atoms with Gasteiger partial charge in [-0.15, -0.1) is 0 Å². The summed E-state index contributed by atoms with van der Waals surface area (Å²) < 4.78 is 27.5. The quantitative estimate of drug-likeness (QED) is 0.434. The van der Waals surface area contributed by atoms with Crippen LogP contribution in [0.1, 0.15) is 11.1 Å². The van der Waals surface area contributed by atoms with E-state index in [0.29, 0.717) is 24.3 Å². The lowest BCUT2D eigenvalue weighted by Crippen LogP contribution is -2.23. The van der Waals surface area contributed by atoms with Crippen molar-refractivity contribution in [2.75, 3.05) is 25.2 Å². The molecule has 8 heteroatoms. The molecule has 0 atom stereocenters. The monoisotopic (exact) mass is 405 g/mol. The van der Waals surface area contributed by atoms with Gasteiger partial charge in [-0.1, -0.05) is 18.2 Å². The van der Waals surface area contributed by atoms with E-state index in [-0.39, 0.29) is 29.8 Å². The lowest BCUT2D eigenvalue weighted by molar-refractivity contribution is -0.116. The lowest BCUT2D eigenvalue weighted by Gasteiger charge is -2.07. The molecule has 2 rings (SSSR count). The Morgan fingerprint density at radius 3 is 2.46 bits per heavy atom. The first-order valence-electron chi connectivity index (χ1n) is 8.60. The average Bonchev–Trinajstić information content (AvgIpc) is 2.63. The molecule has 28 heavy (non-hydrogen) atoms. The highest BCUT2D eigenvalue weighted by Gasteiger charge is 2.03. The van der Waals surface area contributed by atoms with E-state index in [2.05, 4.69) is 5.32 Å². The Labute approximate surface area is 164 Å². The minimum atomic E-state index is -3.04. The number of hydrogen-bond acceptors (Lipinski definition) is 6. The molecule has 0 aliphatic heterocycles. The second-order valence-electron chi connectivity index (χ2n) is 6.24. The highest BCUT2D eigenvalue weighted by molar-refractivity contribution is 7.90. The minimum absolute atomic E-state index is 0.0297. The van der Waals surface area contributed by atoms with Gasteiger partial charge in [-0.25, -0.2) is 8.42 Å². The van der Waals surface area contributed by atoms with Gasteiger partial charge in [-0.2, -0.15) is 0 Å². The number of ether oxygens (including phenoxy) is 1. The van der Waals surface area contributed by atoms with E-state index in [4.69, 9.17) is 4.74 Å². The summed E-state index contributed by atoms with van der Waals surface area (Å²) in [6, 6.07) is 11.5. The lowest BCUT2D eigenvalue weighted by atomic mass is 10.1.